The number of nitrogens with one attached hydrogen (secondary N) is 2. The number of alkyl halides is 1. The molecule has 0 unspecified atom stereocenters. The van der Waals surface area contributed by atoms with Gasteiger partial charge in [-0.3, -0.25) is 9.69 Å². The first-order chi connectivity index (χ1) is 8.46. The summed E-state index contributed by atoms with van der Waals surface area (Å²) < 4.78 is 25.7. The molecule has 1 amide bonds. The molecule has 8 heteroatoms. The van der Waals surface area contributed by atoms with Gasteiger partial charge in [-0.15, -0.1) is 11.6 Å². The number of sulfonamides is 1. The third-order valence-electron chi connectivity index (χ3n) is 2.93. The van der Waals surface area contributed by atoms with E-state index in [9.17, 15) is 13.2 Å². The zero-order valence-electron chi connectivity index (χ0n) is 10.5. The summed E-state index contributed by atoms with van der Waals surface area (Å²) in [5.74, 6) is 0.0360. The van der Waals surface area contributed by atoms with Crippen molar-refractivity contribution >= 4 is 27.5 Å². The van der Waals surface area contributed by atoms with Crippen LogP contribution >= 0.6 is 11.6 Å². The fourth-order valence-electron chi connectivity index (χ4n) is 1.91. The Morgan fingerprint density at radius 3 is 2.50 bits per heavy atom. The summed E-state index contributed by atoms with van der Waals surface area (Å²) in [6.45, 7) is 1.82. The van der Waals surface area contributed by atoms with Crippen molar-refractivity contribution in [1.82, 2.24) is 14.9 Å². The topological polar surface area (TPSA) is 78.5 Å². The highest BCUT2D eigenvalue weighted by Crippen LogP contribution is 2.11. The maximum atomic E-state index is 11.5. The Bertz CT molecular complexity index is 367. The molecule has 0 saturated carbocycles. The van der Waals surface area contributed by atoms with Crippen molar-refractivity contribution in [2.24, 2.45) is 0 Å². The lowest BCUT2D eigenvalue weighted by Crippen LogP contribution is -2.47. The van der Waals surface area contributed by atoms with Gasteiger partial charge >= 0.3 is 0 Å². The van der Waals surface area contributed by atoms with E-state index >= 15 is 0 Å². The molecule has 0 radical (unpaired) electrons. The van der Waals surface area contributed by atoms with Gasteiger partial charge in [-0.25, -0.2) is 13.1 Å². The molecule has 1 rings (SSSR count). The van der Waals surface area contributed by atoms with Crippen LogP contribution < -0.4 is 10.0 Å². The van der Waals surface area contributed by atoms with Gasteiger partial charge in [0, 0.05) is 32.1 Å². The van der Waals surface area contributed by atoms with Crippen molar-refractivity contribution in [3.05, 3.63) is 0 Å². The van der Waals surface area contributed by atoms with Crippen molar-refractivity contribution in [1.29, 1.82) is 0 Å². The number of carbonyl (C=O) groups excluding carboxylic acids is 1. The number of nitrogens with zero attached hydrogens (tertiary/aromatic N) is 1. The van der Waals surface area contributed by atoms with E-state index in [1.165, 1.54) is 0 Å². The smallest absolute Gasteiger partial charge is 0.233 e. The van der Waals surface area contributed by atoms with Crippen LogP contribution in [0.2, 0.25) is 0 Å². The van der Waals surface area contributed by atoms with Gasteiger partial charge in [-0.2, -0.15) is 0 Å². The van der Waals surface area contributed by atoms with E-state index < -0.39 is 10.0 Å². The molecule has 2 N–H and O–H groups in total. The quantitative estimate of drug-likeness (QED) is 0.639. The van der Waals surface area contributed by atoms with Crippen molar-refractivity contribution in [3.63, 3.8) is 0 Å². The van der Waals surface area contributed by atoms with E-state index in [-0.39, 0.29) is 23.6 Å². The Kier molecular flexibility index (Phi) is 6.34. The van der Waals surface area contributed by atoms with E-state index in [0.717, 1.165) is 25.9 Å². The van der Waals surface area contributed by atoms with Gasteiger partial charge in [0.15, 0.2) is 0 Å². The van der Waals surface area contributed by atoms with Crippen molar-refractivity contribution < 1.29 is 13.2 Å². The number of carbonyl (C=O) groups is 1. The molecule has 0 aliphatic carbocycles. The van der Waals surface area contributed by atoms with Gasteiger partial charge in [0.25, 0.3) is 0 Å². The number of halogens is 1. The summed E-state index contributed by atoms with van der Waals surface area (Å²) in [7, 11) is -1.65. The maximum Gasteiger partial charge on any atom is 0.233 e. The fraction of sp³-hybridized carbons (Fsp3) is 0.900. The lowest BCUT2D eigenvalue weighted by Gasteiger charge is -2.31. The van der Waals surface area contributed by atoms with Crippen molar-refractivity contribution in [2.75, 3.05) is 38.3 Å². The number of hydrogen-bond acceptors (Lipinski definition) is 4. The molecule has 6 nitrogen and oxygen atoms in total. The molecule has 1 fully saturated rings. The predicted octanol–water partition coefficient (Wildman–Crippen LogP) is -0.645. The van der Waals surface area contributed by atoms with Crippen LogP contribution in [0.25, 0.3) is 0 Å². The Morgan fingerprint density at radius 2 is 2.00 bits per heavy atom. The van der Waals surface area contributed by atoms with Gasteiger partial charge in [0.2, 0.25) is 15.9 Å². The molecular formula is C10H20ClN3O3S. The summed E-state index contributed by atoms with van der Waals surface area (Å²) >= 11 is 5.43. The van der Waals surface area contributed by atoms with Crippen LogP contribution in [-0.4, -0.2) is 63.6 Å². The predicted molar refractivity (Wildman–Crippen MR) is 71.2 cm³/mol. The van der Waals surface area contributed by atoms with Crippen LogP contribution in [0.5, 0.6) is 0 Å². The van der Waals surface area contributed by atoms with Gasteiger partial charge in [-0.1, -0.05) is 0 Å². The van der Waals surface area contributed by atoms with Crippen LogP contribution in [-0.2, 0) is 14.8 Å². The standard InChI is InChI=1S/C10H20ClN3O3S/c1-12-10(15)8-14-5-2-9(3-6-14)13-18(16,17)7-4-11/h9,13H,2-8H2,1H3,(H,12,15). The average Bonchev–Trinajstić information content (AvgIpc) is 2.31. The van der Waals surface area contributed by atoms with Crippen LogP contribution in [0.3, 0.4) is 0 Å². The molecule has 0 atom stereocenters. The van der Waals surface area contributed by atoms with Crippen LogP contribution in [0.1, 0.15) is 12.8 Å². The third-order valence-corrected chi connectivity index (χ3v) is 4.77. The second-order valence-electron chi connectivity index (χ2n) is 4.35. The van der Waals surface area contributed by atoms with Gasteiger partial charge < -0.3 is 5.32 Å². The normalized spacial score (nSPS) is 18.8. The minimum atomic E-state index is -3.26. The Labute approximate surface area is 113 Å². The van der Waals surface area contributed by atoms with Gasteiger partial charge in [-0.05, 0) is 12.8 Å². The first kappa shape index (κ1) is 15.7. The van der Waals surface area contributed by atoms with Crippen LogP contribution in [0, 0.1) is 0 Å². The molecule has 0 spiro atoms. The first-order valence-electron chi connectivity index (χ1n) is 5.95. The molecule has 1 aliphatic rings. The first-order valence-corrected chi connectivity index (χ1v) is 8.14. The van der Waals surface area contributed by atoms with E-state index in [1.807, 2.05) is 4.90 Å². The number of amides is 1. The summed E-state index contributed by atoms with van der Waals surface area (Å²) in [6.07, 6.45) is 1.44. The maximum absolute atomic E-state index is 11.5. The molecule has 0 aromatic heterocycles. The molecule has 106 valence electrons. The summed E-state index contributed by atoms with van der Waals surface area (Å²) in [6, 6.07) is -0.0424. The number of likely N-dealkylation sites (tertiary alicyclic amines) is 1. The summed E-state index contributed by atoms with van der Waals surface area (Å²) in [5.41, 5.74) is 0. The zero-order valence-corrected chi connectivity index (χ0v) is 12.1. The van der Waals surface area contributed by atoms with Crippen molar-refractivity contribution in [2.45, 2.75) is 18.9 Å². The SMILES string of the molecule is CNC(=O)CN1CCC(NS(=O)(=O)CCCl)CC1. The van der Waals surface area contributed by atoms with Gasteiger partial charge in [0.05, 0.1) is 12.3 Å². The van der Waals surface area contributed by atoms with Crippen LogP contribution in [0.15, 0.2) is 0 Å². The Morgan fingerprint density at radius 1 is 1.39 bits per heavy atom. The molecular weight excluding hydrogens is 278 g/mol. The van der Waals surface area contributed by atoms with E-state index in [1.54, 1.807) is 7.05 Å². The second-order valence-corrected chi connectivity index (χ2v) is 6.60. The summed E-state index contributed by atoms with van der Waals surface area (Å²) in [5, 5.41) is 2.57. The highest BCUT2D eigenvalue weighted by molar-refractivity contribution is 7.89. The summed E-state index contributed by atoms with van der Waals surface area (Å²) in [4.78, 5) is 13.2. The highest BCUT2D eigenvalue weighted by Gasteiger charge is 2.23. The Balaban J connectivity index is 2.33. The lowest BCUT2D eigenvalue weighted by atomic mass is 10.1. The number of piperidine rings is 1. The van der Waals surface area contributed by atoms with Crippen LogP contribution in [0.4, 0.5) is 0 Å². The molecule has 18 heavy (non-hydrogen) atoms. The average molecular weight is 298 g/mol. The van der Waals surface area contributed by atoms with E-state index in [2.05, 4.69) is 10.0 Å². The second kappa shape index (κ2) is 7.28. The minimum absolute atomic E-state index is 0.0174. The van der Waals surface area contributed by atoms with Crippen molar-refractivity contribution in [3.8, 4) is 0 Å². The van der Waals surface area contributed by atoms with Gasteiger partial charge in [0.1, 0.15) is 0 Å². The molecule has 0 bridgehead atoms. The molecule has 1 aliphatic heterocycles. The third kappa shape index (κ3) is 5.51. The minimum Gasteiger partial charge on any atom is -0.358 e. The Hall–Kier alpha value is -0.370. The molecule has 1 heterocycles. The highest BCUT2D eigenvalue weighted by atomic mass is 35.5. The lowest BCUT2D eigenvalue weighted by molar-refractivity contribution is -0.122. The monoisotopic (exact) mass is 297 g/mol. The molecule has 0 aromatic rings. The zero-order chi connectivity index (χ0) is 13.6. The number of likely N-dealkylation sites (N-methyl/N-ethyl adjacent to an activating group) is 1. The number of rotatable bonds is 6. The largest absolute Gasteiger partial charge is 0.358 e. The fourth-order valence-corrected chi connectivity index (χ4v) is 3.58. The van der Waals surface area contributed by atoms with E-state index in [4.69, 9.17) is 11.6 Å². The van der Waals surface area contributed by atoms with E-state index in [0.29, 0.717) is 6.54 Å². The molecule has 0 aromatic carbocycles. The number of hydrogen-bond donors (Lipinski definition) is 2. The molecule has 1 saturated heterocycles.